The summed E-state index contributed by atoms with van der Waals surface area (Å²) in [7, 11) is 0. The predicted octanol–water partition coefficient (Wildman–Crippen LogP) is 4.65. The first-order valence-corrected chi connectivity index (χ1v) is 13.0. The average molecular weight is 518 g/mol. The first-order chi connectivity index (χ1) is 18.2. The summed E-state index contributed by atoms with van der Waals surface area (Å²) >= 11 is 0. The fraction of sp³-hybridized carbons (Fsp3) is 0.400. The number of esters is 1. The second-order valence-electron chi connectivity index (χ2n) is 10.3. The monoisotopic (exact) mass is 517 g/mol. The Hall–Kier alpha value is -3.94. The third-order valence-electron chi connectivity index (χ3n) is 7.23. The summed E-state index contributed by atoms with van der Waals surface area (Å²) in [5.74, 6) is -1.33. The lowest BCUT2D eigenvalue weighted by atomic mass is 9.83. The largest absolute Gasteiger partial charge is 0.451 e. The van der Waals surface area contributed by atoms with E-state index < -0.39 is 18.2 Å². The van der Waals surface area contributed by atoms with Crippen LogP contribution in [0.3, 0.4) is 0 Å². The van der Waals surface area contributed by atoms with E-state index in [9.17, 15) is 14.4 Å². The number of carbonyl (C=O) groups excluding carboxylic acids is 2. The molecule has 1 amide bonds. The maximum absolute atomic E-state index is 13.7. The van der Waals surface area contributed by atoms with Gasteiger partial charge in [-0.15, -0.1) is 0 Å². The molecule has 200 valence electrons. The summed E-state index contributed by atoms with van der Waals surface area (Å²) in [6.07, 6.45) is 1.16. The molecule has 0 aliphatic carbocycles. The van der Waals surface area contributed by atoms with E-state index in [1.165, 1.54) is 0 Å². The lowest BCUT2D eigenvalue weighted by molar-refractivity contribution is -0.156. The zero-order valence-electron chi connectivity index (χ0n) is 22.5. The van der Waals surface area contributed by atoms with Gasteiger partial charge in [-0.2, -0.15) is 5.10 Å². The molecule has 0 saturated heterocycles. The molecule has 8 nitrogen and oxygen atoms in total. The number of rotatable bonds is 9. The van der Waals surface area contributed by atoms with Gasteiger partial charge in [0.25, 0.3) is 5.91 Å². The molecule has 8 heteroatoms. The summed E-state index contributed by atoms with van der Waals surface area (Å²) in [5, 5.41) is 4.44. The number of carbonyl (C=O) groups is 2. The third-order valence-corrected chi connectivity index (χ3v) is 7.23. The van der Waals surface area contributed by atoms with Gasteiger partial charge in [0.05, 0.1) is 18.2 Å². The molecule has 1 aromatic heterocycles. The zero-order chi connectivity index (χ0) is 27.4. The Kier molecular flexibility index (Phi) is 8.29. The number of hydrogen-bond donors (Lipinski definition) is 0. The molecule has 1 aliphatic rings. The van der Waals surface area contributed by atoms with Crippen molar-refractivity contribution in [3.05, 3.63) is 93.9 Å². The molecule has 0 bridgehead atoms. The van der Waals surface area contributed by atoms with Gasteiger partial charge < -0.3 is 14.4 Å². The third kappa shape index (κ3) is 5.49. The standard InChI is InChI=1S/C30H35N3O5/c1-19(2)21(5)30(36)38-18-37-28-25(34)16-31-33-24(17-32(20(3)4)29(35)27(28)33)26(22-12-8-6-9-13-22)23-14-10-7-11-15-23/h6-16,19-21,24,26H,17-18H2,1-5H3/t21-,24+/m0/s1. The minimum atomic E-state index is -0.544. The molecule has 0 spiro atoms. The van der Waals surface area contributed by atoms with Crippen LogP contribution in [0, 0.1) is 11.8 Å². The molecule has 0 fully saturated rings. The summed E-state index contributed by atoms with van der Waals surface area (Å²) in [6.45, 7) is 9.43. The van der Waals surface area contributed by atoms with Gasteiger partial charge in [0.2, 0.25) is 18.0 Å². The molecular formula is C30H35N3O5. The Morgan fingerprint density at radius 1 is 0.947 bits per heavy atom. The Bertz CT molecular complexity index is 1280. The minimum Gasteiger partial charge on any atom is -0.451 e. The summed E-state index contributed by atoms with van der Waals surface area (Å²) in [5.41, 5.74) is 1.64. The molecule has 0 saturated carbocycles. The molecule has 2 heterocycles. The Morgan fingerprint density at radius 3 is 2.05 bits per heavy atom. The van der Waals surface area contributed by atoms with Crippen molar-refractivity contribution in [2.45, 2.75) is 52.6 Å². The highest BCUT2D eigenvalue weighted by atomic mass is 16.7. The molecular weight excluding hydrogens is 482 g/mol. The smallest absolute Gasteiger partial charge is 0.311 e. The number of fused-ring (bicyclic) bond motifs is 1. The first kappa shape index (κ1) is 27.1. The predicted molar refractivity (Wildman–Crippen MR) is 144 cm³/mol. The maximum Gasteiger partial charge on any atom is 0.311 e. The van der Waals surface area contributed by atoms with E-state index in [1.807, 2.05) is 64.1 Å². The molecule has 1 aliphatic heterocycles. The molecule has 3 aromatic rings. The van der Waals surface area contributed by atoms with Crippen LogP contribution in [0.4, 0.5) is 0 Å². The van der Waals surface area contributed by atoms with Crippen LogP contribution in [0.15, 0.2) is 71.7 Å². The highest BCUT2D eigenvalue weighted by Gasteiger charge is 2.41. The van der Waals surface area contributed by atoms with Crippen molar-refractivity contribution in [2.24, 2.45) is 11.8 Å². The van der Waals surface area contributed by atoms with Gasteiger partial charge in [0.15, 0.2) is 5.69 Å². The molecule has 4 rings (SSSR count). The highest BCUT2D eigenvalue weighted by molar-refractivity contribution is 5.96. The van der Waals surface area contributed by atoms with Crippen LogP contribution >= 0.6 is 0 Å². The number of ether oxygens (including phenoxy) is 2. The van der Waals surface area contributed by atoms with Gasteiger partial charge in [-0.05, 0) is 30.9 Å². The van der Waals surface area contributed by atoms with Gasteiger partial charge >= 0.3 is 5.97 Å². The molecule has 0 radical (unpaired) electrons. The fourth-order valence-electron chi connectivity index (χ4n) is 4.74. The van der Waals surface area contributed by atoms with E-state index in [2.05, 4.69) is 29.4 Å². The van der Waals surface area contributed by atoms with Crippen molar-refractivity contribution in [1.29, 1.82) is 0 Å². The van der Waals surface area contributed by atoms with E-state index in [4.69, 9.17) is 9.47 Å². The number of benzene rings is 2. The molecule has 0 unspecified atom stereocenters. The number of aromatic nitrogens is 2. The topological polar surface area (TPSA) is 90.7 Å². The fourth-order valence-corrected chi connectivity index (χ4v) is 4.74. The van der Waals surface area contributed by atoms with Crippen molar-refractivity contribution < 1.29 is 19.1 Å². The molecule has 2 aromatic carbocycles. The normalized spacial score (nSPS) is 16.1. The SMILES string of the molecule is CC(C)[C@H](C)C(=O)OCOc1c2n(ncc1=O)[C@@H](C(c1ccccc1)c1ccccc1)CN(C(C)C)C2=O. The van der Waals surface area contributed by atoms with Crippen molar-refractivity contribution in [1.82, 2.24) is 14.7 Å². The van der Waals surface area contributed by atoms with Crippen LogP contribution in [0.1, 0.15) is 68.2 Å². The average Bonchev–Trinajstić information content (AvgIpc) is 2.91. The second-order valence-corrected chi connectivity index (χ2v) is 10.3. The Labute approximate surface area is 223 Å². The van der Waals surface area contributed by atoms with Crippen LogP contribution in [-0.4, -0.2) is 45.9 Å². The van der Waals surface area contributed by atoms with Crippen molar-refractivity contribution in [3.8, 4) is 5.75 Å². The van der Waals surface area contributed by atoms with Crippen LogP contribution < -0.4 is 10.2 Å². The zero-order valence-corrected chi connectivity index (χ0v) is 22.5. The minimum absolute atomic E-state index is 0.0623. The second kappa shape index (κ2) is 11.6. The Balaban J connectivity index is 1.79. The van der Waals surface area contributed by atoms with Gasteiger partial charge in [0, 0.05) is 18.5 Å². The van der Waals surface area contributed by atoms with Gasteiger partial charge in [-0.1, -0.05) is 81.4 Å². The maximum atomic E-state index is 13.7. The van der Waals surface area contributed by atoms with Crippen LogP contribution in [0.2, 0.25) is 0 Å². The van der Waals surface area contributed by atoms with Crippen molar-refractivity contribution in [2.75, 3.05) is 13.3 Å². The lowest BCUT2D eigenvalue weighted by Gasteiger charge is -2.41. The van der Waals surface area contributed by atoms with E-state index in [0.29, 0.717) is 6.54 Å². The van der Waals surface area contributed by atoms with Gasteiger partial charge in [0.1, 0.15) is 0 Å². The highest BCUT2D eigenvalue weighted by Crippen LogP contribution is 2.39. The molecule has 0 N–H and O–H groups in total. The van der Waals surface area contributed by atoms with E-state index in [0.717, 1.165) is 17.3 Å². The van der Waals surface area contributed by atoms with Crippen LogP contribution in [0.25, 0.3) is 0 Å². The van der Waals surface area contributed by atoms with Crippen molar-refractivity contribution in [3.63, 3.8) is 0 Å². The van der Waals surface area contributed by atoms with Crippen molar-refractivity contribution >= 4 is 11.9 Å². The molecule has 38 heavy (non-hydrogen) atoms. The van der Waals surface area contributed by atoms with Crippen LogP contribution in [0.5, 0.6) is 5.75 Å². The summed E-state index contributed by atoms with van der Waals surface area (Å²) < 4.78 is 12.6. The number of amides is 1. The quantitative estimate of drug-likeness (QED) is 0.303. The Morgan fingerprint density at radius 2 is 1.53 bits per heavy atom. The molecule has 2 atom stereocenters. The van der Waals surface area contributed by atoms with E-state index >= 15 is 0 Å². The van der Waals surface area contributed by atoms with Gasteiger partial charge in [-0.3, -0.25) is 19.1 Å². The summed E-state index contributed by atoms with van der Waals surface area (Å²) in [4.78, 5) is 40.7. The summed E-state index contributed by atoms with van der Waals surface area (Å²) in [6, 6.07) is 19.7. The van der Waals surface area contributed by atoms with Crippen LogP contribution in [-0.2, 0) is 9.53 Å². The van der Waals surface area contributed by atoms with Gasteiger partial charge in [-0.25, -0.2) is 0 Å². The number of nitrogens with zero attached hydrogens (tertiary/aromatic N) is 3. The number of hydrogen-bond acceptors (Lipinski definition) is 6. The van der Waals surface area contributed by atoms with E-state index in [-0.39, 0.29) is 47.2 Å². The lowest BCUT2D eigenvalue weighted by Crippen LogP contribution is -2.50. The first-order valence-electron chi connectivity index (χ1n) is 13.0. The van der Waals surface area contributed by atoms with E-state index in [1.54, 1.807) is 16.5 Å².